The quantitative estimate of drug-likeness (QED) is 0.599. The molecule has 0 fully saturated rings. The van der Waals surface area contributed by atoms with Gasteiger partial charge in [-0.25, -0.2) is 4.79 Å². The van der Waals surface area contributed by atoms with Gasteiger partial charge in [0.05, 0.1) is 7.11 Å². The Morgan fingerprint density at radius 3 is 2.93 bits per heavy atom. The third kappa shape index (κ3) is 3.54. The number of hydrogen-bond donors (Lipinski definition) is 3. The molecule has 0 aliphatic carbocycles. The topological polar surface area (TPSA) is 110 Å². The first-order valence-corrected chi connectivity index (χ1v) is 8.94. The predicted molar refractivity (Wildman–Crippen MR) is 102 cm³/mol. The molecule has 3 heterocycles. The highest BCUT2D eigenvalue weighted by Crippen LogP contribution is 2.30. The number of anilines is 1. The van der Waals surface area contributed by atoms with Crippen molar-refractivity contribution in [2.75, 3.05) is 19.0 Å². The van der Waals surface area contributed by atoms with E-state index in [1.807, 2.05) is 6.20 Å². The van der Waals surface area contributed by atoms with Crippen molar-refractivity contribution in [3.05, 3.63) is 58.9 Å². The van der Waals surface area contributed by atoms with E-state index in [9.17, 15) is 9.90 Å². The highest BCUT2D eigenvalue weighted by Gasteiger charge is 2.24. The summed E-state index contributed by atoms with van der Waals surface area (Å²) in [6, 6.07) is 9.02. The summed E-state index contributed by atoms with van der Waals surface area (Å²) < 4.78 is 10.5. The van der Waals surface area contributed by atoms with E-state index < -0.39 is 5.97 Å². The maximum absolute atomic E-state index is 11.8. The Hall–Kier alpha value is -3.39. The number of carboxylic acids is 1. The van der Waals surface area contributed by atoms with Crippen LogP contribution in [-0.2, 0) is 19.5 Å². The van der Waals surface area contributed by atoms with Crippen LogP contribution >= 0.6 is 0 Å². The number of rotatable bonds is 6. The van der Waals surface area contributed by atoms with Crippen LogP contribution in [0.25, 0.3) is 11.3 Å². The molecule has 0 amide bonds. The molecule has 0 radical (unpaired) electrons. The highest BCUT2D eigenvalue weighted by molar-refractivity contribution is 5.99. The Kier molecular flexibility index (Phi) is 4.94. The van der Waals surface area contributed by atoms with E-state index in [1.54, 1.807) is 31.4 Å². The minimum Gasteiger partial charge on any atom is -0.497 e. The maximum Gasteiger partial charge on any atom is 0.343 e. The molecule has 0 bridgehead atoms. The first kappa shape index (κ1) is 18.0. The van der Waals surface area contributed by atoms with Crippen LogP contribution < -0.4 is 15.4 Å². The number of carbonyl (C=O) groups is 1. The zero-order valence-electron chi connectivity index (χ0n) is 15.4. The fraction of sp³-hybridized carbons (Fsp3) is 0.250. The Bertz CT molecular complexity index is 998. The van der Waals surface area contributed by atoms with Gasteiger partial charge in [0, 0.05) is 43.5 Å². The minimum atomic E-state index is -1.11. The van der Waals surface area contributed by atoms with Gasteiger partial charge in [-0.3, -0.25) is 4.98 Å². The molecule has 0 saturated carbocycles. The molecule has 0 unspecified atom stereocenters. The van der Waals surface area contributed by atoms with Crippen molar-refractivity contribution in [3.8, 4) is 17.1 Å². The number of nitrogens with one attached hydrogen (secondary N) is 2. The third-order valence-corrected chi connectivity index (χ3v) is 4.69. The van der Waals surface area contributed by atoms with Gasteiger partial charge < -0.3 is 25.0 Å². The van der Waals surface area contributed by atoms with Gasteiger partial charge >= 0.3 is 5.97 Å². The lowest BCUT2D eigenvalue weighted by Crippen LogP contribution is -2.24. The molecule has 144 valence electrons. The molecule has 0 saturated heterocycles. The summed E-state index contributed by atoms with van der Waals surface area (Å²) in [7, 11) is 1.57. The lowest BCUT2D eigenvalue weighted by molar-refractivity contribution is 0.0698. The van der Waals surface area contributed by atoms with Gasteiger partial charge in [0.1, 0.15) is 5.75 Å². The van der Waals surface area contributed by atoms with Crippen LogP contribution in [0.2, 0.25) is 0 Å². The van der Waals surface area contributed by atoms with Gasteiger partial charge in [0.15, 0.2) is 17.1 Å². The van der Waals surface area contributed by atoms with Crippen molar-refractivity contribution >= 4 is 11.8 Å². The number of hydrogen-bond acceptors (Lipinski definition) is 7. The molecule has 8 heteroatoms. The Labute approximate surface area is 161 Å². The van der Waals surface area contributed by atoms with Crippen molar-refractivity contribution in [2.45, 2.75) is 19.5 Å². The lowest BCUT2D eigenvalue weighted by Gasteiger charge is -2.16. The van der Waals surface area contributed by atoms with Gasteiger partial charge in [0.25, 0.3) is 0 Å². The van der Waals surface area contributed by atoms with Crippen LogP contribution in [0.3, 0.4) is 0 Å². The molecule has 8 nitrogen and oxygen atoms in total. The number of ether oxygens (including phenoxy) is 1. The molecule has 3 N–H and O–H groups in total. The van der Waals surface area contributed by atoms with E-state index in [1.165, 1.54) is 5.56 Å². The summed E-state index contributed by atoms with van der Waals surface area (Å²) in [4.78, 5) is 16.3. The summed E-state index contributed by atoms with van der Waals surface area (Å²) in [5, 5.41) is 20.0. The summed E-state index contributed by atoms with van der Waals surface area (Å²) in [5.74, 6) is -0.0465. The van der Waals surface area contributed by atoms with E-state index in [0.717, 1.165) is 30.8 Å². The molecule has 0 spiro atoms. The largest absolute Gasteiger partial charge is 0.497 e. The molecular formula is C20H20N4O4. The van der Waals surface area contributed by atoms with Gasteiger partial charge in [0.2, 0.25) is 0 Å². The molecule has 3 aromatic rings. The smallest absolute Gasteiger partial charge is 0.343 e. The zero-order chi connectivity index (χ0) is 19.5. The number of aromatic nitrogens is 2. The number of benzene rings is 1. The average Bonchev–Trinajstić information content (AvgIpc) is 3.16. The summed E-state index contributed by atoms with van der Waals surface area (Å²) in [6.45, 7) is 2.13. The zero-order valence-corrected chi connectivity index (χ0v) is 15.4. The van der Waals surface area contributed by atoms with E-state index >= 15 is 0 Å². The lowest BCUT2D eigenvalue weighted by atomic mass is 10.1. The number of fused-ring (bicyclic) bond motifs is 1. The first-order valence-electron chi connectivity index (χ1n) is 8.94. The highest BCUT2D eigenvalue weighted by atomic mass is 16.5. The second-order valence-electron chi connectivity index (χ2n) is 6.50. The third-order valence-electron chi connectivity index (χ3n) is 4.69. The van der Waals surface area contributed by atoms with E-state index in [0.29, 0.717) is 17.9 Å². The second-order valence-corrected chi connectivity index (χ2v) is 6.50. The van der Waals surface area contributed by atoms with E-state index in [2.05, 4.69) is 26.8 Å². The van der Waals surface area contributed by atoms with Crippen LogP contribution in [0.1, 0.15) is 27.2 Å². The van der Waals surface area contributed by atoms with Gasteiger partial charge in [-0.15, -0.1) is 0 Å². The molecule has 1 aliphatic rings. The molecule has 28 heavy (non-hydrogen) atoms. The molecule has 1 aliphatic heterocycles. The normalized spacial score (nSPS) is 13.0. The summed E-state index contributed by atoms with van der Waals surface area (Å²) >= 11 is 0. The number of aromatic carboxylic acids is 1. The molecular weight excluding hydrogens is 360 g/mol. The number of nitrogens with zero attached hydrogens (tertiary/aromatic N) is 2. The van der Waals surface area contributed by atoms with Gasteiger partial charge in [-0.05, 0) is 41.5 Å². The van der Waals surface area contributed by atoms with Gasteiger partial charge in [-0.2, -0.15) is 0 Å². The fourth-order valence-electron chi connectivity index (χ4n) is 3.23. The number of carboxylic acid groups (broad SMARTS) is 1. The molecule has 2 aromatic heterocycles. The minimum absolute atomic E-state index is 0.00208. The monoisotopic (exact) mass is 380 g/mol. The van der Waals surface area contributed by atoms with Crippen molar-refractivity contribution in [2.24, 2.45) is 0 Å². The van der Waals surface area contributed by atoms with Crippen LogP contribution in [0.5, 0.6) is 5.75 Å². The SMILES string of the molecule is COc1ccc(-c2onc(NCc3cnc4c(c3)CNCC4)c2C(=O)O)cc1. The second kappa shape index (κ2) is 7.69. The Morgan fingerprint density at radius 2 is 2.18 bits per heavy atom. The number of pyridine rings is 1. The molecule has 0 atom stereocenters. The maximum atomic E-state index is 11.8. The van der Waals surface area contributed by atoms with Crippen molar-refractivity contribution in [1.29, 1.82) is 0 Å². The first-order chi connectivity index (χ1) is 13.7. The Balaban J connectivity index is 1.56. The van der Waals surface area contributed by atoms with Crippen molar-refractivity contribution in [3.63, 3.8) is 0 Å². The fourth-order valence-corrected chi connectivity index (χ4v) is 3.23. The van der Waals surface area contributed by atoms with Gasteiger partial charge in [-0.1, -0.05) is 5.16 Å². The van der Waals surface area contributed by atoms with E-state index in [-0.39, 0.29) is 17.1 Å². The molecule has 1 aromatic carbocycles. The van der Waals surface area contributed by atoms with E-state index in [4.69, 9.17) is 9.26 Å². The van der Waals surface area contributed by atoms with Crippen LogP contribution in [-0.4, -0.2) is 34.9 Å². The summed E-state index contributed by atoms with van der Waals surface area (Å²) in [6.07, 6.45) is 2.72. The van der Waals surface area contributed by atoms with Crippen LogP contribution in [0.4, 0.5) is 5.82 Å². The molecule has 4 rings (SSSR count). The number of methoxy groups -OCH3 is 1. The predicted octanol–water partition coefficient (Wildman–Crippen LogP) is 2.70. The summed E-state index contributed by atoms with van der Waals surface area (Å²) in [5.41, 5.74) is 3.84. The van der Waals surface area contributed by atoms with Crippen molar-refractivity contribution in [1.82, 2.24) is 15.5 Å². The van der Waals surface area contributed by atoms with Crippen LogP contribution in [0, 0.1) is 0 Å². The van der Waals surface area contributed by atoms with Crippen molar-refractivity contribution < 1.29 is 19.2 Å². The Morgan fingerprint density at radius 1 is 1.36 bits per heavy atom. The van der Waals surface area contributed by atoms with Crippen LogP contribution in [0.15, 0.2) is 41.1 Å². The average molecular weight is 380 g/mol. The standard InChI is InChI=1S/C20H20N4O4/c1-27-15-4-2-13(3-5-15)18-17(20(25)26)19(24-28-18)23-10-12-8-14-11-21-7-6-16(14)22-9-12/h2-5,8-9,21H,6-7,10-11H2,1H3,(H,23,24)(H,25,26).